The average molecular weight is 387 g/mol. The van der Waals surface area contributed by atoms with E-state index in [2.05, 4.69) is 22.3 Å². The summed E-state index contributed by atoms with van der Waals surface area (Å²) in [6.07, 6.45) is 2.99. The van der Waals surface area contributed by atoms with Gasteiger partial charge in [0.25, 0.3) is 5.91 Å². The van der Waals surface area contributed by atoms with Crippen molar-refractivity contribution in [1.29, 1.82) is 0 Å². The summed E-state index contributed by atoms with van der Waals surface area (Å²) >= 11 is 0. The van der Waals surface area contributed by atoms with Gasteiger partial charge in [0.1, 0.15) is 12.1 Å². The molecule has 4 amide bonds. The van der Waals surface area contributed by atoms with Crippen molar-refractivity contribution in [1.82, 2.24) is 15.5 Å². The van der Waals surface area contributed by atoms with Crippen LogP contribution in [0, 0.1) is 5.92 Å². The molecule has 150 valence electrons. The lowest BCUT2D eigenvalue weighted by Gasteiger charge is -2.33. The van der Waals surface area contributed by atoms with Crippen molar-refractivity contribution < 1.29 is 23.9 Å². The summed E-state index contributed by atoms with van der Waals surface area (Å²) < 4.78 is 4.64. The van der Waals surface area contributed by atoms with Crippen LogP contribution in [0.25, 0.3) is 0 Å². The fraction of sp³-hybridized carbons (Fsp3) is 0.500. The third-order valence-electron chi connectivity index (χ3n) is 5.54. The van der Waals surface area contributed by atoms with Gasteiger partial charge in [-0.2, -0.15) is 0 Å². The standard InChI is InChI=1S/C20H25N3O5/c1-13-7-9-20(10-8-13)18(26)23(19(27)22-20)12-16(24)21-11-14-3-5-15(6-4-14)17(25)28-2/h3-6,13H,7-12H2,1-2H3,(H,21,24)(H,22,27). The number of carbonyl (C=O) groups is 4. The van der Waals surface area contributed by atoms with Gasteiger partial charge in [-0.05, 0) is 49.3 Å². The molecule has 8 nitrogen and oxygen atoms in total. The number of rotatable bonds is 5. The smallest absolute Gasteiger partial charge is 0.337 e. The van der Waals surface area contributed by atoms with Crippen LogP contribution >= 0.6 is 0 Å². The Morgan fingerprint density at radius 3 is 2.46 bits per heavy atom. The first-order valence-electron chi connectivity index (χ1n) is 9.43. The van der Waals surface area contributed by atoms with E-state index in [1.165, 1.54) is 7.11 Å². The summed E-state index contributed by atoms with van der Waals surface area (Å²) in [5.41, 5.74) is 0.369. The van der Waals surface area contributed by atoms with Crippen LogP contribution in [-0.4, -0.2) is 47.9 Å². The highest BCUT2D eigenvalue weighted by atomic mass is 16.5. The monoisotopic (exact) mass is 387 g/mol. The van der Waals surface area contributed by atoms with Gasteiger partial charge in [0.2, 0.25) is 5.91 Å². The van der Waals surface area contributed by atoms with Crippen molar-refractivity contribution in [3.8, 4) is 0 Å². The molecule has 1 saturated carbocycles. The number of nitrogens with zero attached hydrogens (tertiary/aromatic N) is 1. The minimum absolute atomic E-state index is 0.229. The van der Waals surface area contributed by atoms with Gasteiger partial charge in [0, 0.05) is 6.54 Å². The largest absolute Gasteiger partial charge is 0.465 e. The van der Waals surface area contributed by atoms with Gasteiger partial charge in [-0.25, -0.2) is 9.59 Å². The van der Waals surface area contributed by atoms with Gasteiger partial charge in [-0.3, -0.25) is 14.5 Å². The van der Waals surface area contributed by atoms with Gasteiger partial charge >= 0.3 is 12.0 Å². The zero-order valence-electron chi connectivity index (χ0n) is 16.1. The van der Waals surface area contributed by atoms with E-state index >= 15 is 0 Å². The van der Waals surface area contributed by atoms with Crippen LogP contribution < -0.4 is 10.6 Å². The topological polar surface area (TPSA) is 105 Å². The maximum atomic E-state index is 12.8. The molecule has 0 bridgehead atoms. The molecule has 1 saturated heterocycles. The molecular formula is C20H25N3O5. The summed E-state index contributed by atoms with van der Waals surface area (Å²) in [6.45, 7) is 2.06. The third kappa shape index (κ3) is 4.00. The minimum atomic E-state index is -0.840. The molecule has 2 aliphatic rings. The maximum Gasteiger partial charge on any atom is 0.337 e. The van der Waals surface area contributed by atoms with Crippen molar-refractivity contribution in [3.05, 3.63) is 35.4 Å². The Kier molecular flexibility index (Phi) is 5.67. The Morgan fingerprint density at radius 2 is 1.86 bits per heavy atom. The minimum Gasteiger partial charge on any atom is -0.465 e. The predicted octanol–water partition coefficient (Wildman–Crippen LogP) is 1.59. The molecule has 2 fully saturated rings. The van der Waals surface area contributed by atoms with E-state index in [1.807, 2.05) is 0 Å². The summed E-state index contributed by atoms with van der Waals surface area (Å²) in [5, 5.41) is 5.50. The molecule has 28 heavy (non-hydrogen) atoms. The molecule has 1 aliphatic heterocycles. The van der Waals surface area contributed by atoms with Crippen LogP contribution in [0.1, 0.15) is 48.5 Å². The molecule has 3 rings (SSSR count). The lowest BCUT2D eigenvalue weighted by molar-refractivity contribution is -0.136. The molecule has 0 unspecified atom stereocenters. The zero-order valence-corrected chi connectivity index (χ0v) is 16.1. The second-order valence-corrected chi connectivity index (χ2v) is 7.55. The number of esters is 1. The van der Waals surface area contributed by atoms with Crippen molar-refractivity contribution in [2.75, 3.05) is 13.7 Å². The van der Waals surface area contributed by atoms with Crippen LogP contribution in [0.4, 0.5) is 4.79 Å². The van der Waals surface area contributed by atoms with Gasteiger partial charge < -0.3 is 15.4 Å². The highest BCUT2D eigenvalue weighted by molar-refractivity contribution is 6.09. The Balaban J connectivity index is 1.54. The van der Waals surface area contributed by atoms with Crippen LogP contribution in [0.15, 0.2) is 24.3 Å². The van der Waals surface area contributed by atoms with Crippen LogP contribution in [-0.2, 0) is 20.9 Å². The van der Waals surface area contributed by atoms with E-state index in [0.29, 0.717) is 24.3 Å². The van der Waals surface area contributed by atoms with Gasteiger partial charge in [0.15, 0.2) is 0 Å². The Morgan fingerprint density at radius 1 is 1.21 bits per heavy atom. The highest BCUT2D eigenvalue weighted by Gasteiger charge is 2.52. The van der Waals surface area contributed by atoms with Crippen molar-refractivity contribution >= 4 is 23.8 Å². The number of urea groups is 1. The SMILES string of the molecule is COC(=O)c1ccc(CNC(=O)CN2C(=O)NC3(CCC(C)CC3)C2=O)cc1. The number of methoxy groups -OCH3 is 1. The first-order valence-corrected chi connectivity index (χ1v) is 9.43. The molecule has 8 heteroatoms. The third-order valence-corrected chi connectivity index (χ3v) is 5.54. The van der Waals surface area contributed by atoms with Gasteiger partial charge in [0.05, 0.1) is 12.7 Å². The normalized spacial score (nSPS) is 24.2. The van der Waals surface area contributed by atoms with Crippen LogP contribution in [0.5, 0.6) is 0 Å². The quantitative estimate of drug-likeness (QED) is 0.590. The fourth-order valence-electron chi connectivity index (χ4n) is 3.69. The van der Waals surface area contributed by atoms with E-state index in [-0.39, 0.29) is 19.0 Å². The zero-order chi connectivity index (χ0) is 20.3. The number of imide groups is 1. The van der Waals surface area contributed by atoms with Crippen molar-refractivity contribution in [2.45, 2.75) is 44.7 Å². The molecule has 1 aromatic carbocycles. The number of amides is 4. The summed E-state index contributed by atoms with van der Waals surface area (Å²) in [5.74, 6) is -0.609. The van der Waals surface area contributed by atoms with E-state index in [1.54, 1.807) is 24.3 Å². The summed E-state index contributed by atoms with van der Waals surface area (Å²) in [6, 6.07) is 6.13. The van der Waals surface area contributed by atoms with E-state index in [9.17, 15) is 19.2 Å². The van der Waals surface area contributed by atoms with Crippen LogP contribution in [0.3, 0.4) is 0 Å². The Bertz CT molecular complexity index is 782. The molecule has 2 N–H and O–H groups in total. The molecular weight excluding hydrogens is 362 g/mol. The van der Waals surface area contributed by atoms with E-state index < -0.39 is 23.4 Å². The Labute approximate surface area is 163 Å². The van der Waals surface area contributed by atoms with E-state index in [4.69, 9.17) is 0 Å². The number of carbonyl (C=O) groups excluding carboxylic acids is 4. The van der Waals surface area contributed by atoms with E-state index in [0.717, 1.165) is 23.3 Å². The first-order chi connectivity index (χ1) is 13.3. The second-order valence-electron chi connectivity index (χ2n) is 7.55. The van der Waals surface area contributed by atoms with Gasteiger partial charge in [-0.15, -0.1) is 0 Å². The summed E-state index contributed by atoms with van der Waals surface area (Å²) in [4.78, 5) is 49.7. The van der Waals surface area contributed by atoms with Crippen LogP contribution in [0.2, 0.25) is 0 Å². The summed E-state index contributed by atoms with van der Waals surface area (Å²) in [7, 11) is 1.31. The highest BCUT2D eigenvalue weighted by Crippen LogP contribution is 2.36. The Hall–Kier alpha value is -2.90. The molecule has 0 radical (unpaired) electrons. The molecule has 1 aliphatic carbocycles. The molecule has 1 aromatic rings. The molecule has 1 spiro atoms. The number of ether oxygens (including phenoxy) is 1. The molecule has 1 heterocycles. The number of hydrogen-bond acceptors (Lipinski definition) is 5. The fourth-order valence-corrected chi connectivity index (χ4v) is 3.69. The predicted molar refractivity (Wildman–Crippen MR) is 100 cm³/mol. The second kappa shape index (κ2) is 8.00. The van der Waals surface area contributed by atoms with Gasteiger partial charge in [-0.1, -0.05) is 19.1 Å². The first kappa shape index (κ1) is 19.9. The molecule has 0 atom stereocenters. The lowest BCUT2D eigenvalue weighted by atomic mass is 9.77. The number of nitrogens with one attached hydrogen (secondary N) is 2. The number of benzene rings is 1. The lowest BCUT2D eigenvalue weighted by Crippen LogP contribution is -2.49. The molecule has 0 aromatic heterocycles. The number of hydrogen-bond donors (Lipinski definition) is 2. The van der Waals surface area contributed by atoms with Crippen molar-refractivity contribution in [3.63, 3.8) is 0 Å². The average Bonchev–Trinajstić information content (AvgIpc) is 2.92. The maximum absolute atomic E-state index is 12.8. The van der Waals surface area contributed by atoms with Crippen molar-refractivity contribution in [2.24, 2.45) is 5.92 Å².